The van der Waals surface area contributed by atoms with Crippen molar-refractivity contribution in [3.05, 3.63) is 34.1 Å². The van der Waals surface area contributed by atoms with Gasteiger partial charge in [-0.05, 0) is 17.7 Å². The number of halogens is 2. The van der Waals surface area contributed by atoms with E-state index >= 15 is 0 Å². The first kappa shape index (κ1) is 13.6. The molecular weight excluding hydrogens is 275 g/mol. The van der Waals surface area contributed by atoms with Crippen molar-refractivity contribution >= 4 is 15.9 Å². The lowest BCUT2D eigenvalue weighted by molar-refractivity contribution is 0.0570. The highest BCUT2D eigenvalue weighted by Gasteiger charge is 2.16. The summed E-state index contributed by atoms with van der Waals surface area (Å²) in [4.78, 5) is 0. The molecular formula is C12H16BrFO2. The lowest BCUT2D eigenvalue weighted by Gasteiger charge is -2.18. The summed E-state index contributed by atoms with van der Waals surface area (Å²) in [5.41, 5.74) is 0.527. The summed E-state index contributed by atoms with van der Waals surface area (Å²) < 4.78 is 19.1. The van der Waals surface area contributed by atoms with Crippen LogP contribution >= 0.6 is 15.9 Å². The first-order chi connectivity index (χ1) is 7.54. The van der Waals surface area contributed by atoms with E-state index in [4.69, 9.17) is 4.74 Å². The van der Waals surface area contributed by atoms with Crippen molar-refractivity contribution in [2.24, 2.45) is 5.92 Å². The van der Waals surface area contributed by atoms with Gasteiger partial charge in [0.1, 0.15) is 5.82 Å². The van der Waals surface area contributed by atoms with Crippen LogP contribution in [0, 0.1) is 11.7 Å². The number of aliphatic hydroxyl groups excluding tert-OH is 1. The van der Waals surface area contributed by atoms with E-state index < -0.39 is 6.10 Å². The monoisotopic (exact) mass is 290 g/mol. The van der Waals surface area contributed by atoms with Crippen LogP contribution in [0.25, 0.3) is 0 Å². The van der Waals surface area contributed by atoms with Crippen LogP contribution in [0.1, 0.15) is 12.5 Å². The summed E-state index contributed by atoms with van der Waals surface area (Å²) in [7, 11) is 1.59. The summed E-state index contributed by atoms with van der Waals surface area (Å²) in [5.74, 6) is -0.300. The lowest BCUT2D eigenvalue weighted by Crippen LogP contribution is -2.24. The molecule has 0 saturated heterocycles. The maximum Gasteiger partial charge on any atom is 0.127 e. The first-order valence-corrected chi connectivity index (χ1v) is 5.94. The maximum absolute atomic E-state index is 13.5. The van der Waals surface area contributed by atoms with Crippen LogP contribution in [-0.2, 0) is 11.2 Å². The number of aliphatic hydroxyl groups is 1. The second-order valence-electron chi connectivity index (χ2n) is 3.94. The van der Waals surface area contributed by atoms with Gasteiger partial charge in [-0.1, -0.05) is 28.9 Å². The van der Waals surface area contributed by atoms with Crippen molar-refractivity contribution in [2.45, 2.75) is 19.4 Å². The van der Waals surface area contributed by atoms with Crippen LogP contribution in [0.3, 0.4) is 0 Å². The van der Waals surface area contributed by atoms with Gasteiger partial charge in [0.05, 0.1) is 12.7 Å². The SMILES string of the molecule is COCC(C)C(O)Cc1ccc(Br)cc1F. The third kappa shape index (κ3) is 3.85. The molecule has 2 atom stereocenters. The van der Waals surface area contributed by atoms with Gasteiger partial charge in [-0.2, -0.15) is 0 Å². The maximum atomic E-state index is 13.5. The molecule has 0 aliphatic heterocycles. The standard InChI is InChI=1S/C12H16BrFO2/c1-8(7-16-2)12(15)5-9-3-4-10(13)6-11(9)14/h3-4,6,8,12,15H,5,7H2,1-2H3. The molecule has 4 heteroatoms. The van der Waals surface area contributed by atoms with Crippen LogP contribution in [0.5, 0.6) is 0 Å². The number of rotatable bonds is 5. The zero-order chi connectivity index (χ0) is 12.1. The van der Waals surface area contributed by atoms with Gasteiger partial charge < -0.3 is 9.84 Å². The molecule has 0 aliphatic rings. The highest BCUT2D eigenvalue weighted by molar-refractivity contribution is 9.10. The Kier molecular flexibility index (Phi) is 5.38. The largest absolute Gasteiger partial charge is 0.392 e. The second kappa shape index (κ2) is 6.33. The average molecular weight is 291 g/mol. The summed E-state index contributed by atoms with van der Waals surface area (Å²) in [5, 5.41) is 9.84. The smallest absolute Gasteiger partial charge is 0.127 e. The Balaban J connectivity index is 2.65. The third-order valence-corrected chi connectivity index (χ3v) is 3.02. The van der Waals surface area contributed by atoms with Crippen molar-refractivity contribution in [2.75, 3.05) is 13.7 Å². The molecule has 0 spiro atoms. The molecule has 1 N–H and O–H groups in total. The number of ether oxygens (including phenoxy) is 1. The minimum absolute atomic E-state index is 0.00644. The fraction of sp³-hybridized carbons (Fsp3) is 0.500. The quantitative estimate of drug-likeness (QED) is 0.904. The number of methoxy groups -OCH3 is 1. The molecule has 16 heavy (non-hydrogen) atoms. The van der Waals surface area contributed by atoms with E-state index in [1.165, 1.54) is 6.07 Å². The van der Waals surface area contributed by atoms with E-state index in [0.29, 0.717) is 23.1 Å². The predicted octanol–water partition coefficient (Wildman–Crippen LogP) is 2.77. The van der Waals surface area contributed by atoms with Crippen LogP contribution in [0.15, 0.2) is 22.7 Å². The molecule has 0 aromatic heterocycles. The fourth-order valence-corrected chi connectivity index (χ4v) is 1.82. The van der Waals surface area contributed by atoms with Gasteiger partial charge in [-0.3, -0.25) is 0 Å². The minimum atomic E-state index is -0.587. The van der Waals surface area contributed by atoms with Crippen molar-refractivity contribution in [3.8, 4) is 0 Å². The molecule has 0 fully saturated rings. The predicted molar refractivity (Wildman–Crippen MR) is 64.9 cm³/mol. The fourth-order valence-electron chi connectivity index (χ4n) is 1.49. The Hall–Kier alpha value is -0.450. The van der Waals surface area contributed by atoms with E-state index in [-0.39, 0.29) is 11.7 Å². The first-order valence-electron chi connectivity index (χ1n) is 5.15. The Labute approximate surface area is 104 Å². The molecule has 0 heterocycles. The summed E-state index contributed by atoms with van der Waals surface area (Å²) in [6.45, 7) is 2.35. The molecule has 1 rings (SSSR count). The Bertz CT molecular complexity index is 344. The lowest BCUT2D eigenvalue weighted by atomic mass is 9.98. The summed E-state index contributed by atoms with van der Waals surface area (Å²) >= 11 is 3.19. The van der Waals surface area contributed by atoms with Gasteiger partial charge in [0.2, 0.25) is 0 Å². The zero-order valence-corrected chi connectivity index (χ0v) is 11.0. The van der Waals surface area contributed by atoms with Crippen LogP contribution < -0.4 is 0 Å². The zero-order valence-electron chi connectivity index (χ0n) is 9.41. The van der Waals surface area contributed by atoms with Gasteiger partial charge in [0.15, 0.2) is 0 Å². The van der Waals surface area contributed by atoms with Crippen molar-refractivity contribution in [1.82, 2.24) is 0 Å². The van der Waals surface area contributed by atoms with E-state index in [0.717, 1.165) is 0 Å². The van der Waals surface area contributed by atoms with Gasteiger partial charge in [-0.15, -0.1) is 0 Å². The van der Waals surface area contributed by atoms with Crippen molar-refractivity contribution in [1.29, 1.82) is 0 Å². The van der Waals surface area contributed by atoms with Crippen LogP contribution in [0.2, 0.25) is 0 Å². The highest BCUT2D eigenvalue weighted by atomic mass is 79.9. The van der Waals surface area contributed by atoms with E-state index in [1.54, 1.807) is 19.2 Å². The molecule has 1 aromatic carbocycles. The second-order valence-corrected chi connectivity index (χ2v) is 4.86. The molecule has 0 bridgehead atoms. The average Bonchev–Trinajstić information content (AvgIpc) is 2.22. The number of benzene rings is 1. The molecule has 2 unspecified atom stereocenters. The van der Waals surface area contributed by atoms with Gasteiger partial charge >= 0.3 is 0 Å². The van der Waals surface area contributed by atoms with Crippen molar-refractivity contribution < 1.29 is 14.2 Å². The van der Waals surface area contributed by atoms with Crippen LogP contribution in [0.4, 0.5) is 4.39 Å². The Morgan fingerprint density at radius 1 is 1.50 bits per heavy atom. The molecule has 0 saturated carbocycles. The normalized spacial score (nSPS) is 14.8. The van der Waals surface area contributed by atoms with Gasteiger partial charge in [-0.25, -0.2) is 4.39 Å². The molecule has 0 radical (unpaired) electrons. The Morgan fingerprint density at radius 3 is 2.75 bits per heavy atom. The van der Waals surface area contributed by atoms with E-state index in [2.05, 4.69) is 15.9 Å². The van der Waals surface area contributed by atoms with Crippen molar-refractivity contribution in [3.63, 3.8) is 0 Å². The number of hydrogen-bond acceptors (Lipinski definition) is 2. The Morgan fingerprint density at radius 2 is 2.19 bits per heavy atom. The molecule has 2 nitrogen and oxygen atoms in total. The summed E-state index contributed by atoms with van der Waals surface area (Å²) in [6, 6.07) is 4.86. The van der Waals surface area contributed by atoms with E-state index in [9.17, 15) is 9.50 Å². The van der Waals surface area contributed by atoms with Gasteiger partial charge in [0.25, 0.3) is 0 Å². The number of hydrogen-bond donors (Lipinski definition) is 1. The highest BCUT2D eigenvalue weighted by Crippen LogP contribution is 2.18. The molecule has 90 valence electrons. The van der Waals surface area contributed by atoms with Gasteiger partial charge in [0, 0.05) is 23.9 Å². The summed E-state index contributed by atoms with van der Waals surface area (Å²) in [6.07, 6.45) is -0.278. The minimum Gasteiger partial charge on any atom is -0.392 e. The van der Waals surface area contributed by atoms with E-state index in [1.807, 2.05) is 6.92 Å². The third-order valence-electron chi connectivity index (χ3n) is 2.53. The molecule has 0 aliphatic carbocycles. The molecule has 0 amide bonds. The van der Waals surface area contributed by atoms with Crippen LogP contribution in [-0.4, -0.2) is 24.9 Å². The topological polar surface area (TPSA) is 29.5 Å². The molecule has 1 aromatic rings.